The average molecular weight is 457 g/mol. The Morgan fingerprint density at radius 3 is 2.15 bits per heavy atom. The Balaban J connectivity index is 1.41. The SMILES string of the molecule is CCCCCc1ccc(CCc2ccc(C#Cc3ccc4cc(F)ccc4c3)c(F)c2)c(F)c1. The Hall–Kier alpha value is -3.51. The van der Waals surface area contributed by atoms with Gasteiger partial charge in [-0.2, -0.15) is 0 Å². The second kappa shape index (κ2) is 11.1. The second-order valence-corrected chi connectivity index (χ2v) is 8.65. The molecule has 4 aromatic carbocycles. The molecule has 0 atom stereocenters. The highest BCUT2D eigenvalue weighted by Gasteiger charge is 2.07. The Morgan fingerprint density at radius 2 is 1.35 bits per heavy atom. The highest BCUT2D eigenvalue weighted by molar-refractivity contribution is 5.84. The molecular formula is C31H27F3. The van der Waals surface area contributed by atoms with Gasteiger partial charge in [-0.1, -0.05) is 61.9 Å². The first-order chi connectivity index (χ1) is 16.5. The van der Waals surface area contributed by atoms with Crippen LogP contribution in [-0.2, 0) is 19.3 Å². The van der Waals surface area contributed by atoms with Crippen LogP contribution in [0.1, 0.15) is 54.0 Å². The second-order valence-electron chi connectivity index (χ2n) is 8.65. The predicted molar refractivity (Wildman–Crippen MR) is 133 cm³/mol. The molecule has 0 aliphatic rings. The number of benzene rings is 4. The number of unbranched alkanes of at least 4 members (excludes halogenated alkanes) is 2. The van der Waals surface area contributed by atoms with Crippen molar-refractivity contribution in [1.82, 2.24) is 0 Å². The lowest BCUT2D eigenvalue weighted by Gasteiger charge is -2.07. The van der Waals surface area contributed by atoms with Crippen LogP contribution in [0.25, 0.3) is 10.8 Å². The number of aryl methyl sites for hydroxylation is 3. The molecular weight excluding hydrogens is 429 g/mol. The maximum absolute atomic E-state index is 14.6. The van der Waals surface area contributed by atoms with Gasteiger partial charge in [0.1, 0.15) is 17.5 Å². The molecule has 0 aliphatic carbocycles. The van der Waals surface area contributed by atoms with E-state index in [0.29, 0.717) is 24.0 Å². The van der Waals surface area contributed by atoms with Crippen LogP contribution in [0.3, 0.4) is 0 Å². The van der Waals surface area contributed by atoms with Crippen LogP contribution < -0.4 is 0 Å². The van der Waals surface area contributed by atoms with Gasteiger partial charge in [-0.15, -0.1) is 0 Å². The van der Waals surface area contributed by atoms with Gasteiger partial charge in [0.2, 0.25) is 0 Å². The number of halogens is 3. The lowest BCUT2D eigenvalue weighted by molar-refractivity contribution is 0.603. The Kier molecular flexibility index (Phi) is 7.70. The van der Waals surface area contributed by atoms with E-state index < -0.39 is 0 Å². The van der Waals surface area contributed by atoms with Gasteiger partial charge >= 0.3 is 0 Å². The minimum Gasteiger partial charge on any atom is -0.207 e. The largest absolute Gasteiger partial charge is 0.207 e. The molecule has 0 radical (unpaired) electrons. The number of hydrogen-bond donors (Lipinski definition) is 0. The summed E-state index contributed by atoms with van der Waals surface area (Å²) in [6, 6.07) is 20.5. The topological polar surface area (TPSA) is 0 Å². The van der Waals surface area contributed by atoms with E-state index >= 15 is 0 Å². The van der Waals surface area contributed by atoms with Crippen molar-refractivity contribution in [3.8, 4) is 11.8 Å². The molecule has 4 rings (SSSR count). The fourth-order valence-corrected chi connectivity index (χ4v) is 4.06. The van der Waals surface area contributed by atoms with Crippen molar-refractivity contribution in [1.29, 1.82) is 0 Å². The third kappa shape index (κ3) is 6.08. The molecule has 34 heavy (non-hydrogen) atoms. The van der Waals surface area contributed by atoms with Gasteiger partial charge in [-0.25, -0.2) is 13.2 Å². The van der Waals surface area contributed by atoms with Gasteiger partial charge in [0, 0.05) is 5.56 Å². The normalized spacial score (nSPS) is 10.8. The molecule has 0 aliphatic heterocycles. The molecule has 0 amide bonds. The van der Waals surface area contributed by atoms with Gasteiger partial charge in [-0.3, -0.25) is 0 Å². The molecule has 0 saturated carbocycles. The van der Waals surface area contributed by atoms with Crippen molar-refractivity contribution < 1.29 is 13.2 Å². The van der Waals surface area contributed by atoms with Crippen LogP contribution in [0.2, 0.25) is 0 Å². The summed E-state index contributed by atoms with van der Waals surface area (Å²) in [5, 5.41) is 1.67. The summed E-state index contributed by atoms with van der Waals surface area (Å²) >= 11 is 0. The van der Waals surface area contributed by atoms with Crippen molar-refractivity contribution in [2.45, 2.75) is 45.4 Å². The van der Waals surface area contributed by atoms with E-state index in [-0.39, 0.29) is 17.5 Å². The van der Waals surface area contributed by atoms with E-state index in [1.807, 2.05) is 24.3 Å². The molecule has 0 bridgehead atoms. The van der Waals surface area contributed by atoms with Crippen LogP contribution in [0.4, 0.5) is 13.2 Å². The van der Waals surface area contributed by atoms with E-state index in [4.69, 9.17) is 0 Å². The summed E-state index contributed by atoms with van der Waals surface area (Å²) < 4.78 is 42.4. The first kappa shape index (κ1) is 23.6. The third-order valence-corrected chi connectivity index (χ3v) is 6.05. The van der Waals surface area contributed by atoms with E-state index in [2.05, 4.69) is 18.8 Å². The first-order valence-corrected chi connectivity index (χ1v) is 11.8. The average Bonchev–Trinajstić information content (AvgIpc) is 2.83. The molecule has 0 N–H and O–H groups in total. The Morgan fingerprint density at radius 1 is 0.618 bits per heavy atom. The standard InChI is InChI=1S/C31H27F3/c1-2-3-4-5-22-6-11-25(30(33)19-22)13-8-24-9-14-26(31(34)20-24)12-7-23-10-15-28-21-29(32)17-16-27(28)18-23/h6,9-11,14-21H,2-5,8,13H2,1H3. The molecule has 0 heterocycles. The van der Waals surface area contributed by atoms with Crippen molar-refractivity contribution in [2.75, 3.05) is 0 Å². The third-order valence-electron chi connectivity index (χ3n) is 6.05. The predicted octanol–water partition coefficient (Wildman–Crippen LogP) is 8.17. The maximum Gasteiger partial charge on any atom is 0.139 e. The zero-order chi connectivity index (χ0) is 23.9. The zero-order valence-corrected chi connectivity index (χ0v) is 19.3. The summed E-state index contributed by atoms with van der Waals surface area (Å²) in [4.78, 5) is 0. The van der Waals surface area contributed by atoms with E-state index in [1.165, 1.54) is 18.2 Å². The monoisotopic (exact) mass is 456 g/mol. The van der Waals surface area contributed by atoms with Crippen LogP contribution in [-0.4, -0.2) is 0 Å². The molecule has 0 unspecified atom stereocenters. The van der Waals surface area contributed by atoms with Crippen LogP contribution in [0, 0.1) is 29.3 Å². The molecule has 0 fully saturated rings. The number of fused-ring (bicyclic) bond motifs is 1. The van der Waals surface area contributed by atoms with Crippen molar-refractivity contribution >= 4 is 10.8 Å². The fourth-order valence-electron chi connectivity index (χ4n) is 4.06. The molecule has 4 aromatic rings. The quantitative estimate of drug-likeness (QED) is 0.194. The van der Waals surface area contributed by atoms with Crippen molar-refractivity contribution in [3.05, 3.63) is 118 Å². The van der Waals surface area contributed by atoms with E-state index in [1.54, 1.807) is 30.3 Å². The summed E-state index contributed by atoms with van der Waals surface area (Å²) in [5.74, 6) is 5.01. The first-order valence-electron chi connectivity index (χ1n) is 11.8. The molecule has 3 heteroatoms. The Bertz CT molecular complexity index is 1360. The van der Waals surface area contributed by atoms with Gasteiger partial charge < -0.3 is 0 Å². The minimum absolute atomic E-state index is 0.185. The van der Waals surface area contributed by atoms with Gasteiger partial charge in [-0.05, 0) is 95.6 Å². The smallest absolute Gasteiger partial charge is 0.139 e. The lowest BCUT2D eigenvalue weighted by Crippen LogP contribution is -1.98. The summed E-state index contributed by atoms with van der Waals surface area (Å²) in [7, 11) is 0. The highest BCUT2D eigenvalue weighted by Crippen LogP contribution is 2.19. The van der Waals surface area contributed by atoms with E-state index in [0.717, 1.165) is 53.1 Å². The van der Waals surface area contributed by atoms with E-state index in [9.17, 15) is 13.2 Å². The van der Waals surface area contributed by atoms with Gasteiger partial charge in [0.25, 0.3) is 0 Å². The van der Waals surface area contributed by atoms with Crippen LogP contribution in [0.5, 0.6) is 0 Å². The molecule has 0 saturated heterocycles. The zero-order valence-electron chi connectivity index (χ0n) is 19.3. The molecule has 172 valence electrons. The molecule has 0 nitrogen and oxygen atoms in total. The lowest BCUT2D eigenvalue weighted by atomic mass is 9.99. The fraction of sp³-hybridized carbons (Fsp3) is 0.226. The van der Waals surface area contributed by atoms with Gasteiger partial charge in [0.05, 0.1) is 5.56 Å². The Labute approximate surface area is 199 Å². The summed E-state index contributed by atoms with van der Waals surface area (Å²) in [6.07, 6.45) is 5.34. The van der Waals surface area contributed by atoms with Crippen molar-refractivity contribution in [3.63, 3.8) is 0 Å². The number of hydrogen-bond acceptors (Lipinski definition) is 0. The molecule has 0 aromatic heterocycles. The van der Waals surface area contributed by atoms with Crippen molar-refractivity contribution in [2.24, 2.45) is 0 Å². The van der Waals surface area contributed by atoms with Gasteiger partial charge in [0.15, 0.2) is 0 Å². The summed E-state index contributed by atoms with van der Waals surface area (Å²) in [5.41, 5.74) is 3.53. The minimum atomic E-state index is -0.389. The maximum atomic E-state index is 14.6. The summed E-state index contributed by atoms with van der Waals surface area (Å²) in [6.45, 7) is 2.15. The molecule has 0 spiro atoms. The number of rotatable bonds is 7. The van der Waals surface area contributed by atoms with Crippen LogP contribution in [0.15, 0.2) is 72.8 Å². The highest BCUT2D eigenvalue weighted by atomic mass is 19.1. The van der Waals surface area contributed by atoms with Crippen LogP contribution >= 0.6 is 0 Å².